The highest BCUT2D eigenvalue weighted by Crippen LogP contribution is 2.17. The highest BCUT2D eigenvalue weighted by Gasteiger charge is 2.16. The number of carbonyl (C=O) groups is 2. The Hall–Kier alpha value is -2.04. The summed E-state index contributed by atoms with van der Waals surface area (Å²) in [7, 11) is 0. The molecular formula is C17H27N3O2. The van der Waals surface area contributed by atoms with Crippen molar-refractivity contribution < 1.29 is 9.59 Å². The molecule has 122 valence electrons. The molecule has 0 spiro atoms. The minimum absolute atomic E-state index is 0.176. The second kappa shape index (κ2) is 8.41. The molecule has 1 aromatic rings. The Morgan fingerprint density at radius 2 is 1.68 bits per heavy atom. The molecule has 5 heteroatoms. The summed E-state index contributed by atoms with van der Waals surface area (Å²) in [5.74, 6) is -0.415. The van der Waals surface area contributed by atoms with Crippen molar-refractivity contribution >= 4 is 17.5 Å². The fraction of sp³-hybridized carbons (Fsp3) is 0.529. The second-order valence-electron chi connectivity index (χ2n) is 5.52. The van der Waals surface area contributed by atoms with Gasteiger partial charge in [-0.1, -0.05) is 0 Å². The molecule has 0 unspecified atom stereocenters. The molecule has 0 saturated carbocycles. The standard InChI is InChI=1S/C17H27N3O2/c1-6-18-16(21)13(5)19-17(22)14-8-10-15(11-9-14)20(7-2)12(3)4/h8-13H,6-7H2,1-5H3,(H,18,21)(H,19,22)/t13-/m1/s1. The number of benzene rings is 1. The Morgan fingerprint density at radius 3 is 2.14 bits per heavy atom. The molecule has 0 fully saturated rings. The first-order valence-electron chi connectivity index (χ1n) is 7.85. The van der Waals surface area contributed by atoms with Gasteiger partial charge in [-0.25, -0.2) is 0 Å². The van der Waals surface area contributed by atoms with Crippen molar-refractivity contribution in [2.24, 2.45) is 0 Å². The Kier molecular flexibility index (Phi) is 6.89. The molecule has 0 saturated heterocycles. The van der Waals surface area contributed by atoms with E-state index in [0.29, 0.717) is 18.2 Å². The zero-order valence-electron chi connectivity index (χ0n) is 14.1. The number of amides is 2. The zero-order chi connectivity index (χ0) is 16.7. The van der Waals surface area contributed by atoms with E-state index in [1.54, 1.807) is 19.1 Å². The molecule has 1 atom stereocenters. The predicted molar refractivity (Wildman–Crippen MR) is 90.2 cm³/mol. The minimum Gasteiger partial charge on any atom is -0.369 e. The van der Waals surface area contributed by atoms with Crippen LogP contribution in [0.3, 0.4) is 0 Å². The summed E-state index contributed by atoms with van der Waals surface area (Å²) in [4.78, 5) is 26.0. The Bertz CT molecular complexity index is 497. The molecule has 0 aliphatic heterocycles. The van der Waals surface area contributed by atoms with E-state index in [1.807, 2.05) is 19.1 Å². The van der Waals surface area contributed by atoms with Crippen molar-refractivity contribution in [2.45, 2.75) is 46.7 Å². The maximum absolute atomic E-state index is 12.1. The monoisotopic (exact) mass is 305 g/mol. The van der Waals surface area contributed by atoms with E-state index >= 15 is 0 Å². The van der Waals surface area contributed by atoms with Crippen molar-refractivity contribution in [3.63, 3.8) is 0 Å². The van der Waals surface area contributed by atoms with Crippen molar-refractivity contribution in [1.29, 1.82) is 0 Å². The van der Waals surface area contributed by atoms with Crippen LogP contribution in [0.4, 0.5) is 5.69 Å². The Labute approximate surface area is 133 Å². The highest BCUT2D eigenvalue weighted by atomic mass is 16.2. The lowest BCUT2D eigenvalue weighted by atomic mass is 10.1. The van der Waals surface area contributed by atoms with E-state index in [0.717, 1.165) is 12.2 Å². The van der Waals surface area contributed by atoms with Gasteiger partial charge in [0.15, 0.2) is 0 Å². The number of nitrogens with zero attached hydrogens (tertiary/aromatic N) is 1. The van der Waals surface area contributed by atoms with E-state index in [9.17, 15) is 9.59 Å². The molecule has 1 aromatic carbocycles. The van der Waals surface area contributed by atoms with Gasteiger partial charge in [-0.3, -0.25) is 9.59 Å². The van der Waals surface area contributed by atoms with Gasteiger partial charge in [-0.05, 0) is 58.9 Å². The van der Waals surface area contributed by atoms with Crippen LogP contribution >= 0.6 is 0 Å². The lowest BCUT2D eigenvalue weighted by molar-refractivity contribution is -0.122. The van der Waals surface area contributed by atoms with Crippen molar-refractivity contribution in [2.75, 3.05) is 18.0 Å². The van der Waals surface area contributed by atoms with Crippen LogP contribution in [0.5, 0.6) is 0 Å². The van der Waals surface area contributed by atoms with Crippen LogP contribution in [0.1, 0.15) is 45.0 Å². The van der Waals surface area contributed by atoms with Gasteiger partial charge in [0.25, 0.3) is 5.91 Å². The third kappa shape index (κ3) is 4.76. The van der Waals surface area contributed by atoms with Crippen LogP contribution in [0.2, 0.25) is 0 Å². The van der Waals surface area contributed by atoms with Gasteiger partial charge >= 0.3 is 0 Å². The van der Waals surface area contributed by atoms with Gasteiger partial charge in [-0.2, -0.15) is 0 Å². The first-order valence-corrected chi connectivity index (χ1v) is 7.85. The highest BCUT2D eigenvalue weighted by molar-refractivity contribution is 5.97. The van der Waals surface area contributed by atoms with Gasteiger partial charge in [0.2, 0.25) is 5.91 Å². The van der Waals surface area contributed by atoms with Crippen LogP contribution in [0.25, 0.3) is 0 Å². The van der Waals surface area contributed by atoms with Crippen molar-refractivity contribution in [3.8, 4) is 0 Å². The topological polar surface area (TPSA) is 61.4 Å². The number of anilines is 1. The van der Waals surface area contributed by atoms with Gasteiger partial charge < -0.3 is 15.5 Å². The maximum Gasteiger partial charge on any atom is 0.251 e. The molecule has 0 radical (unpaired) electrons. The second-order valence-corrected chi connectivity index (χ2v) is 5.52. The molecular weight excluding hydrogens is 278 g/mol. The summed E-state index contributed by atoms with van der Waals surface area (Å²) in [5.41, 5.74) is 1.64. The Morgan fingerprint density at radius 1 is 1.09 bits per heavy atom. The van der Waals surface area contributed by atoms with Gasteiger partial charge in [-0.15, -0.1) is 0 Å². The number of carbonyl (C=O) groups excluding carboxylic acids is 2. The van der Waals surface area contributed by atoms with E-state index < -0.39 is 6.04 Å². The smallest absolute Gasteiger partial charge is 0.251 e. The lowest BCUT2D eigenvalue weighted by Gasteiger charge is -2.27. The van der Waals surface area contributed by atoms with Crippen molar-refractivity contribution in [3.05, 3.63) is 29.8 Å². The average molecular weight is 305 g/mol. The third-order valence-electron chi connectivity index (χ3n) is 3.52. The Balaban J connectivity index is 2.74. The van der Waals surface area contributed by atoms with E-state index in [4.69, 9.17) is 0 Å². The van der Waals surface area contributed by atoms with Gasteiger partial charge in [0.05, 0.1) is 0 Å². The first-order chi connectivity index (χ1) is 10.4. The summed E-state index contributed by atoms with van der Waals surface area (Å²) >= 11 is 0. The van der Waals surface area contributed by atoms with E-state index in [1.165, 1.54) is 0 Å². The van der Waals surface area contributed by atoms with Crippen molar-refractivity contribution in [1.82, 2.24) is 10.6 Å². The third-order valence-corrected chi connectivity index (χ3v) is 3.52. The molecule has 2 N–H and O–H groups in total. The van der Waals surface area contributed by atoms with Crippen LogP contribution in [0, 0.1) is 0 Å². The number of likely N-dealkylation sites (N-methyl/N-ethyl adjacent to an activating group) is 1. The van der Waals surface area contributed by atoms with E-state index in [-0.39, 0.29) is 11.8 Å². The average Bonchev–Trinajstić information content (AvgIpc) is 2.48. The summed E-state index contributed by atoms with van der Waals surface area (Å²) < 4.78 is 0. The normalized spacial score (nSPS) is 11.9. The molecule has 22 heavy (non-hydrogen) atoms. The van der Waals surface area contributed by atoms with Crippen LogP contribution in [-0.4, -0.2) is 37.0 Å². The summed E-state index contributed by atoms with van der Waals surface area (Å²) in [6, 6.07) is 7.32. The lowest BCUT2D eigenvalue weighted by Crippen LogP contribution is -2.44. The molecule has 0 bridgehead atoms. The number of hydrogen-bond acceptors (Lipinski definition) is 3. The molecule has 0 heterocycles. The minimum atomic E-state index is -0.546. The summed E-state index contributed by atoms with van der Waals surface area (Å²) in [5, 5.41) is 5.39. The summed E-state index contributed by atoms with van der Waals surface area (Å²) in [6.45, 7) is 11.4. The number of rotatable bonds is 7. The predicted octanol–water partition coefficient (Wildman–Crippen LogP) is 2.18. The van der Waals surface area contributed by atoms with Crippen LogP contribution < -0.4 is 15.5 Å². The fourth-order valence-corrected chi connectivity index (χ4v) is 2.32. The van der Waals surface area contributed by atoms with Crippen LogP contribution in [0.15, 0.2) is 24.3 Å². The summed E-state index contributed by atoms with van der Waals surface area (Å²) in [6.07, 6.45) is 0. The quantitative estimate of drug-likeness (QED) is 0.811. The maximum atomic E-state index is 12.1. The van der Waals surface area contributed by atoms with Crippen LogP contribution in [-0.2, 0) is 4.79 Å². The SMILES string of the molecule is CCNC(=O)[C@@H](C)NC(=O)c1ccc(N(CC)C(C)C)cc1. The van der Waals surface area contributed by atoms with Gasteiger partial charge in [0, 0.05) is 30.4 Å². The molecule has 0 aliphatic carbocycles. The molecule has 2 amide bonds. The molecule has 0 aliphatic rings. The van der Waals surface area contributed by atoms with E-state index in [2.05, 4.69) is 36.3 Å². The molecule has 1 rings (SSSR count). The zero-order valence-corrected chi connectivity index (χ0v) is 14.1. The van der Waals surface area contributed by atoms with Gasteiger partial charge in [0.1, 0.15) is 6.04 Å². The first kappa shape index (κ1) is 18.0. The number of nitrogens with one attached hydrogen (secondary N) is 2. The fourth-order valence-electron chi connectivity index (χ4n) is 2.32. The largest absolute Gasteiger partial charge is 0.369 e. The number of hydrogen-bond donors (Lipinski definition) is 2. The molecule has 5 nitrogen and oxygen atoms in total. The molecule has 0 aromatic heterocycles.